The van der Waals surface area contributed by atoms with E-state index >= 15 is 0 Å². The molecule has 0 aliphatic carbocycles. The van der Waals surface area contributed by atoms with Gasteiger partial charge in [-0.3, -0.25) is 9.88 Å². The van der Waals surface area contributed by atoms with Gasteiger partial charge in [-0.2, -0.15) is 0 Å². The van der Waals surface area contributed by atoms with E-state index in [2.05, 4.69) is 57.8 Å². The number of nitrogens with zero attached hydrogens (tertiary/aromatic N) is 4. The first-order valence-electron chi connectivity index (χ1n) is 9.95. The molecule has 1 atom stereocenters. The number of hydrogen-bond acceptors (Lipinski definition) is 3. The number of hydrogen-bond donors (Lipinski definition) is 0. The normalized spacial score (nSPS) is 18.9. The van der Waals surface area contributed by atoms with Crippen LogP contribution in [-0.4, -0.2) is 26.0 Å². The Morgan fingerprint density at radius 2 is 1.88 bits per heavy atom. The number of aromatic nitrogens is 3. The molecule has 1 saturated heterocycles. The second-order valence-corrected chi connectivity index (χ2v) is 7.28. The molecule has 1 unspecified atom stereocenters. The first kappa shape index (κ1) is 17.2. The molecule has 4 nitrogen and oxygen atoms in total. The number of aryl methyl sites for hydroxylation is 1. The quantitative estimate of drug-likeness (QED) is 0.653. The van der Waals surface area contributed by atoms with Gasteiger partial charge in [-0.05, 0) is 55.6 Å². The fraction of sp³-hybridized carbons (Fsp3) is 0.455. The molecule has 136 valence electrons. The minimum absolute atomic E-state index is 0.468. The highest BCUT2D eigenvalue weighted by molar-refractivity contribution is 5.75. The van der Waals surface area contributed by atoms with Crippen molar-refractivity contribution in [2.24, 2.45) is 0 Å². The fourth-order valence-corrected chi connectivity index (χ4v) is 4.22. The molecule has 26 heavy (non-hydrogen) atoms. The average molecular weight is 348 g/mol. The van der Waals surface area contributed by atoms with Gasteiger partial charge in [0, 0.05) is 25.0 Å². The molecule has 1 fully saturated rings. The van der Waals surface area contributed by atoms with Gasteiger partial charge in [-0.1, -0.05) is 31.9 Å². The van der Waals surface area contributed by atoms with E-state index in [4.69, 9.17) is 4.98 Å². The first-order valence-corrected chi connectivity index (χ1v) is 9.95. The number of fused-ring (bicyclic) bond motifs is 1. The molecule has 3 aromatic rings. The summed E-state index contributed by atoms with van der Waals surface area (Å²) in [7, 11) is 0. The van der Waals surface area contributed by atoms with Crippen molar-refractivity contribution in [2.75, 3.05) is 6.54 Å². The van der Waals surface area contributed by atoms with Crippen molar-refractivity contribution >= 4 is 11.0 Å². The number of pyridine rings is 1. The summed E-state index contributed by atoms with van der Waals surface area (Å²) < 4.78 is 2.42. The zero-order chi connectivity index (χ0) is 17.8. The highest BCUT2D eigenvalue weighted by atomic mass is 15.2. The topological polar surface area (TPSA) is 34.0 Å². The smallest absolute Gasteiger partial charge is 0.124 e. The molecule has 1 aliphatic rings. The Bertz CT molecular complexity index is 840. The van der Waals surface area contributed by atoms with E-state index in [1.54, 1.807) is 0 Å². The van der Waals surface area contributed by atoms with Crippen LogP contribution in [0.5, 0.6) is 0 Å². The van der Waals surface area contributed by atoms with Crippen molar-refractivity contribution in [3.05, 3.63) is 60.2 Å². The average Bonchev–Trinajstić information content (AvgIpc) is 2.86. The van der Waals surface area contributed by atoms with Crippen LogP contribution in [0.15, 0.2) is 48.8 Å². The highest BCUT2D eigenvalue weighted by Crippen LogP contribution is 2.31. The van der Waals surface area contributed by atoms with Gasteiger partial charge in [0.2, 0.25) is 0 Å². The lowest BCUT2D eigenvalue weighted by molar-refractivity contribution is 0.185. The monoisotopic (exact) mass is 348 g/mol. The molecule has 0 radical (unpaired) electrons. The number of rotatable bonds is 5. The summed E-state index contributed by atoms with van der Waals surface area (Å²) in [6, 6.07) is 13.4. The van der Waals surface area contributed by atoms with Crippen LogP contribution >= 0.6 is 0 Å². The second kappa shape index (κ2) is 8.00. The number of imidazole rings is 1. The van der Waals surface area contributed by atoms with Crippen molar-refractivity contribution < 1.29 is 0 Å². The van der Waals surface area contributed by atoms with E-state index in [9.17, 15) is 0 Å². The van der Waals surface area contributed by atoms with Gasteiger partial charge in [0.25, 0.3) is 0 Å². The molecule has 3 heterocycles. The third kappa shape index (κ3) is 3.51. The van der Waals surface area contributed by atoms with Crippen molar-refractivity contribution in [1.82, 2.24) is 19.4 Å². The molecule has 2 aromatic heterocycles. The van der Waals surface area contributed by atoms with E-state index < -0.39 is 0 Å². The second-order valence-electron chi connectivity index (χ2n) is 7.28. The Kier molecular flexibility index (Phi) is 5.30. The number of likely N-dealkylation sites (tertiary alicyclic amines) is 1. The van der Waals surface area contributed by atoms with Crippen LogP contribution in [0.1, 0.15) is 56.5 Å². The third-order valence-electron chi connectivity index (χ3n) is 5.48. The summed E-state index contributed by atoms with van der Waals surface area (Å²) in [6.45, 7) is 5.33. The van der Waals surface area contributed by atoms with Gasteiger partial charge in [-0.25, -0.2) is 4.98 Å². The SMILES string of the molecule is CCCn1c(CN2CCCCCC2c2ccncc2)nc2ccccc21. The molecule has 4 rings (SSSR count). The van der Waals surface area contributed by atoms with Crippen LogP contribution in [-0.2, 0) is 13.1 Å². The van der Waals surface area contributed by atoms with Gasteiger partial charge < -0.3 is 4.57 Å². The first-order chi connectivity index (χ1) is 12.9. The predicted molar refractivity (Wildman–Crippen MR) is 106 cm³/mol. The summed E-state index contributed by atoms with van der Waals surface area (Å²) in [4.78, 5) is 11.8. The van der Waals surface area contributed by atoms with Gasteiger partial charge in [0.05, 0.1) is 17.6 Å². The van der Waals surface area contributed by atoms with Crippen LogP contribution in [0.25, 0.3) is 11.0 Å². The van der Waals surface area contributed by atoms with E-state index in [0.717, 1.165) is 31.6 Å². The summed E-state index contributed by atoms with van der Waals surface area (Å²) in [5.74, 6) is 1.20. The fourth-order valence-electron chi connectivity index (χ4n) is 4.22. The van der Waals surface area contributed by atoms with E-state index in [1.807, 2.05) is 12.4 Å². The summed E-state index contributed by atoms with van der Waals surface area (Å²) in [6.07, 6.45) is 10.1. The largest absolute Gasteiger partial charge is 0.327 e. The zero-order valence-corrected chi connectivity index (χ0v) is 15.6. The minimum Gasteiger partial charge on any atom is -0.327 e. The van der Waals surface area contributed by atoms with Crippen LogP contribution < -0.4 is 0 Å². The minimum atomic E-state index is 0.468. The number of para-hydroxylation sites is 2. The third-order valence-corrected chi connectivity index (χ3v) is 5.48. The maximum absolute atomic E-state index is 4.99. The molecular formula is C22H28N4. The predicted octanol–water partition coefficient (Wildman–Crippen LogP) is 4.96. The van der Waals surface area contributed by atoms with Gasteiger partial charge in [0.15, 0.2) is 0 Å². The Morgan fingerprint density at radius 1 is 1.04 bits per heavy atom. The number of benzene rings is 1. The molecular weight excluding hydrogens is 320 g/mol. The Hall–Kier alpha value is -2.20. The molecule has 0 spiro atoms. The van der Waals surface area contributed by atoms with Crippen LogP contribution in [0.2, 0.25) is 0 Å². The lowest BCUT2D eigenvalue weighted by atomic mass is 10.0. The molecule has 0 bridgehead atoms. The van der Waals surface area contributed by atoms with Gasteiger partial charge in [-0.15, -0.1) is 0 Å². The zero-order valence-electron chi connectivity index (χ0n) is 15.6. The van der Waals surface area contributed by atoms with Crippen molar-refractivity contribution in [3.63, 3.8) is 0 Å². The molecule has 0 amide bonds. The Labute approximate surface area is 155 Å². The van der Waals surface area contributed by atoms with Gasteiger partial charge in [0.1, 0.15) is 5.82 Å². The lowest BCUT2D eigenvalue weighted by Crippen LogP contribution is -2.29. The van der Waals surface area contributed by atoms with Crippen molar-refractivity contribution in [3.8, 4) is 0 Å². The Balaban J connectivity index is 1.67. The molecule has 0 saturated carbocycles. The Morgan fingerprint density at radius 3 is 2.73 bits per heavy atom. The van der Waals surface area contributed by atoms with Crippen molar-refractivity contribution in [1.29, 1.82) is 0 Å². The molecule has 0 N–H and O–H groups in total. The van der Waals surface area contributed by atoms with Crippen LogP contribution in [0, 0.1) is 0 Å². The molecule has 4 heteroatoms. The molecule has 1 aromatic carbocycles. The molecule has 1 aliphatic heterocycles. The van der Waals surface area contributed by atoms with Crippen LogP contribution in [0.4, 0.5) is 0 Å². The summed E-state index contributed by atoms with van der Waals surface area (Å²) in [5, 5.41) is 0. The maximum Gasteiger partial charge on any atom is 0.124 e. The standard InChI is InChI=1S/C22H28N4/c1-2-15-26-21-10-6-5-8-19(21)24-22(26)17-25-16-7-3-4-9-20(25)18-11-13-23-14-12-18/h5-6,8,10-14,20H,2-4,7,9,15-17H2,1H3. The summed E-state index contributed by atoms with van der Waals surface area (Å²) in [5.41, 5.74) is 3.77. The maximum atomic E-state index is 4.99. The van der Waals surface area contributed by atoms with Crippen molar-refractivity contribution in [2.45, 2.75) is 58.2 Å². The highest BCUT2D eigenvalue weighted by Gasteiger charge is 2.24. The van der Waals surface area contributed by atoms with Gasteiger partial charge >= 0.3 is 0 Å². The van der Waals surface area contributed by atoms with E-state index in [-0.39, 0.29) is 0 Å². The summed E-state index contributed by atoms with van der Waals surface area (Å²) >= 11 is 0. The lowest BCUT2D eigenvalue weighted by Gasteiger charge is -2.30. The van der Waals surface area contributed by atoms with E-state index in [0.29, 0.717) is 6.04 Å². The van der Waals surface area contributed by atoms with E-state index in [1.165, 1.54) is 42.6 Å². The van der Waals surface area contributed by atoms with Crippen LogP contribution in [0.3, 0.4) is 0 Å².